The third kappa shape index (κ3) is 4.91. The lowest BCUT2D eigenvalue weighted by Crippen LogP contribution is -2.56. The molecule has 192 valence electrons. The van der Waals surface area contributed by atoms with Crippen LogP contribution in [0.15, 0.2) is 12.2 Å². The summed E-state index contributed by atoms with van der Waals surface area (Å²) < 4.78 is 18.9. The number of hydrogen-bond donors (Lipinski definition) is 0. The van der Waals surface area contributed by atoms with Crippen LogP contribution in [0, 0.1) is 23.7 Å². The molecular weight excluding hydrogens is 434 g/mol. The van der Waals surface area contributed by atoms with Gasteiger partial charge in [0.15, 0.2) is 0 Å². The molecule has 2 saturated heterocycles. The Morgan fingerprint density at radius 3 is 2.12 bits per heavy atom. The third-order valence-electron chi connectivity index (χ3n) is 8.68. The molecule has 2 aliphatic heterocycles. The van der Waals surface area contributed by atoms with Crippen molar-refractivity contribution in [2.45, 2.75) is 110 Å². The number of rotatable bonds is 4. The van der Waals surface area contributed by atoms with E-state index in [1.54, 1.807) is 18.9 Å². The maximum Gasteiger partial charge on any atom is 0.303 e. The number of likely N-dealkylation sites (N-methyl/N-ethyl adjacent to an activating group) is 1. The van der Waals surface area contributed by atoms with Gasteiger partial charge in [-0.1, -0.05) is 26.0 Å². The van der Waals surface area contributed by atoms with Crippen LogP contribution < -0.4 is 0 Å². The number of carbonyl (C=O) groups excluding carboxylic acids is 3. The van der Waals surface area contributed by atoms with E-state index in [0.717, 1.165) is 18.4 Å². The molecule has 3 rings (SSSR count). The largest absolute Gasteiger partial charge is 0.459 e. The summed E-state index contributed by atoms with van der Waals surface area (Å²) in [5, 5.41) is 0. The van der Waals surface area contributed by atoms with Crippen molar-refractivity contribution >= 4 is 17.8 Å². The summed E-state index contributed by atoms with van der Waals surface area (Å²) in [5.74, 6) is 0.0868. The molecule has 0 aromatic carbocycles. The van der Waals surface area contributed by atoms with Crippen LogP contribution in [0.1, 0.15) is 80.6 Å². The quantitative estimate of drug-likeness (QED) is 0.444. The Labute approximate surface area is 204 Å². The highest BCUT2D eigenvalue weighted by atomic mass is 16.6. The number of fused-ring (bicyclic) bond motifs is 5. The smallest absolute Gasteiger partial charge is 0.303 e. The Balaban J connectivity index is 2.14. The minimum Gasteiger partial charge on any atom is -0.459 e. The lowest BCUT2D eigenvalue weighted by atomic mass is 9.57. The molecule has 7 nitrogen and oxygen atoms in total. The van der Waals surface area contributed by atoms with Gasteiger partial charge in [-0.25, -0.2) is 0 Å². The van der Waals surface area contributed by atoms with Crippen molar-refractivity contribution < 1.29 is 28.6 Å². The molecule has 0 N–H and O–H groups in total. The Morgan fingerprint density at radius 2 is 1.59 bits per heavy atom. The predicted octanol–water partition coefficient (Wildman–Crippen LogP) is 4.28. The second-order valence-corrected chi connectivity index (χ2v) is 11.5. The summed E-state index contributed by atoms with van der Waals surface area (Å²) in [6.45, 7) is 17.3. The second-order valence-electron chi connectivity index (χ2n) is 11.5. The number of nitrogens with zero attached hydrogens (tertiary/aromatic N) is 1. The van der Waals surface area contributed by atoms with E-state index in [4.69, 9.17) is 14.2 Å². The Bertz CT molecular complexity index is 839. The van der Waals surface area contributed by atoms with Gasteiger partial charge in [0.1, 0.15) is 17.3 Å². The maximum absolute atomic E-state index is 12.3. The van der Waals surface area contributed by atoms with Crippen LogP contribution in [-0.4, -0.2) is 59.2 Å². The van der Waals surface area contributed by atoms with Gasteiger partial charge >= 0.3 is 11.9 Å². The Morgan fingerprint density at radius 1 is 1.03 bits per heavy atom. The maximum atomic E-state index is 12.3. The first-order chi connectivity index (χ1) is 15.7. The van der Waals surface area contributed by atoms with Crippen LogP contribution >= 0.6 is 0 Å². The van der Waals surface area contributed by atoms with Gasteiger partial charge < -0.3 is 19.1 Å². The summed E-state index contributed by atoms with van der Waals surface area (Å²) in [4.78, 5) is 38.4. The molecule has 34 heavy (non-hydrogen) atoms. The molecule has 2 heterocycles. The zero-order valence-electron chi connectivity index (χ0n) is 22.2. The zero-order valence-corrected chi connectivity index (χ0v) is 22.2. The van der Waals surface area contributed by atoms with Crippen molar-refractivity contribution in [3.8, 4) is 0 Å². The molecule has 0 spiro atoms. The van der Waals surface area contributed by atoms with Gasteiger partial charge in [-0.15, -0.1) is 0 Å². The van der Waals surface area contributed by atoms with Crippen LogP contribution in [0.25, 0.3) is 0 Å². The Hall–Kier alpha value is -1.89. The molecule has 1 amide bonds. The summed E-state index contributed by atoms with van der Waals surface area (Å²) >= 11 is 0. The number of carbonyl (C=O) groups is 3. The molecule has 8 atom stereocenters. The lowest BCUT2D eigenvalue weighted by Gasteiger charge is -2.51. The molecule has 2 bridgehead atoms. The normalized spacial score (nSPS) is 40.0. The number of ether oxygens (including phenoxy) is 3. The van der Waals surface area contributed by atoms with E-state index in [1.165, 1.54) is 13.8 Å². The van der Waals surface area contributed by atoms with Gasteiger partial charge in [0, 0.05) is 39.7 Å². The summed E-state index contributed by atoms with van der Waals surface area (Å²) in [7, 11) is 1.79. The van der Waals surface area contributed by atoms with Gasteiger partial charge in [0.25, 0.3) is 0 Å². The Kier molecular flexibility index (Phi) is 7.57. The molecular formula is C27H43NO6. The van der Waals surface area contributed by atoms with Crippen LogP contribution in [0.5, 0.6) is 0 Å². The SMILES string of the molecule is C=C1CC2OC(C3C(C(C)C)CCC(C)(OC(C)=O)C23)C(C)(OC(C)=O)CCC1N(C)C(C)=O. The van der Waals surface area contributed by atoms with Gasteiger partial charge in [-0.05, 0) is 57.8 Å². The van der Waals surface area contributed by atoms with Crippen molar-refractivity contribution in [3.63, 3.8) is 0 Å². The van der Waals surface area contributed by atoms with Crippen LogP contribution in [-0.2, 0) is 28.6 Å². The van der Waals surface area contributed by atoms with E-state index in [9.17, 15) is 14.4 Å². The fourth-order valence-corrected chi connectivity index (χ4v) is 7.14. The van der Waals surface area contributed by atoms with E-state index in [0.29, 0.717) is 31.1 Å². The summed E-state index contributed by atoms with van der Waals surface area (Å²) in [6, 6.07) is -0.182. The van der Waals surface area contributed by atoms with Gasteiger partial charge in [-0.3, -0.25) is 14.4 Å². The highest BCUT2D eigenvalue weighted by Crippen LogP contribution is 2.58. The van der Waals surface area contributed by atoms with Crippen molar-refractivity contribution in [1.82, 2.24) is 4.90 Å². The van der Waals surface area contributed by atoms with Crippen molar-refractivity contribution in [2.24, 2.45) is 23.7 Å². The van der Waals surface area contributed by atoms with E-state index in [2.05, 4.69) is 20.4 Å². The number of esters is 2. The molecule has 3 aliphatic rings. The van der Waals surface area contributed by atoms with E-state index < -0.39 is 11.2 Å². The molecule has 3 fully saturated rings. The minimum absolute atomic E-state index is 0.0363. The molecule has 1 aliphatic carbocycles. The van der Waals surface area contributed by atoms with E-state index >= 15 is 0 Å². The van der Waals surface area contributed by atoms with Crippen molar-refractivity contribution in [3.05, 3.63) is 12.2 Å². The standard InChI is InChI=1S/C27H43NO6/c1-15(2)20-10-12-26(7,33-18(5)30)24-22-14-16(3)21(28(9)17(4)29)11-13-27(8,34-19(6)31)25(32-22)23(20)24/h15,20-25H,3,10-14H2,1-2,4-9H3. The first-order valence-electron chi connectivity index (χ1n) is 12.7. The second kappa shape index (κ2) is 9.63. The first-order valence-corrected chi connectivity index (χ1v) is 12.7. The number of amides is 1. The lowest BCUT2D eigenvalue weighted by molar-refractivity contribution is -0.181. The molecule has 7 heteroatoms. The number of hydrogen-bond acceptors (Lipinski definition) is 6. The summed E-state index contributed by atoms with van der Waals surface area (Å²) in [5.41, 5.74) is -0.628. The fraction of sp³-hybridized carbons (Fsp3) is 0.815. The molecule has 0 radical (unpaired) electrons. The van der Waals surface area contributed by atoms with E-state index in [1.807, 2.05) is 13.8 Å². The molecule has 8 unspecified atom stereocenters. The highest BCUT2D eigenvalue weighted by molar-refractivity contribution is 5.73. The first kappa shape index (κ1) is 26.7. The summed E-state index contributed by atoms with van der Waals surface area (Å²) in [6.07, 6.45) is 2.85. The fourth-order valence-electron chi connectivity index (χ4n) is 7.14. The van der Waals surface area contributed by atoms with Gasteiger partial charge in [-0.2, -0.15) is 0 Å². The molecule has 1 saturated carbocycles. The highest BCUT2D eigenvalue weighted by Gasteiger charge is 2.64. The van der Waals surface area contributed by atoms with Crippen molar-refractivity contribution in [1.29, 1.82) is 0 Å². The van der Waals surface area contributed by atoms with Crippen molar-refractivity contribution in [2.75, 3.05) is 7.05 Å². The van der Waals surface area contributed by atoms with Crippen LogP contribution in [0.2, 0.25) is 0 Å². The topological polar surface area (TPSA) is 82.1 Å². The van der Waals surface area contributed by atoms with Gasteiger partial charge in [0.05, 0.1) is 12.1 Å². The van der Waals surface area contributed by atoms with Crippen LogP contribution in [0.3, 0.4) is 0 Å². The monoisotopic (exact) mass is 477 g/mol. The van der Waals surface area contributed by atoms with E-state index in [-0.39, 0.29) is 47.9 Å². The molecule has 0 aromatic rings. The average molecular weight is 478 g/mol. The minimum atomic E-state index is -0.869. The van der Waals surface area contributed by atoms with Crippen LogP contribution in [0.4, 0.5) is 0 Å². The predicted molar refractivity (Wildman–Crippen MR) is 129 cm³/mol. The average Bonchev–Trinajstić information content (AvgIpc) is 3.08. The zero-order chi connectivity index (χ0) is 25.6. The van der Waals surface area contributed by atoms with Gasteiger partial charge in [0.2, 0.25) is 5.91 Å². The molecule has 0 aromatic heterocycles. The third-order valence-corrected chi connectivity index (χ3v) is 8.68.